The molecule has 2 nitrogen and oxygen atoms in total. The maximum Gasteiger partial charge on any atom is 0.420 e. The SMILES string of the molecule is COc1cc(C(=O)Cl)c(Cl)cc1C(F)(F)F. The minimum atomic E-state index is -4.61. The van der Waals surface area contributed by atoms with E-state index in [0.717, 1.165) is 13.2 Å². The van der Waals surface area contributed by atoms with Crippen LogP contribution in [0.5, 0.6) is 5.75 Å². The molecule has 0 fully saturated rings. The Morgan fingerprint density at radius 3 is 2.31 bits per heavy atom. The van der Waals surface area contributed by atoms with Crippen molar-refractivity contribution in [3.63, 3.8) is 0 Å². The number of methoxy groups -OCH3 is 1. The summed E-state index contributed by atoms with van der Waals surface area (Å²) in [6, 6.07) is 1.47. The molecule has 0 atom stereocenters. The van der Waals surface area contributed by atoms with Crippen molar-refractivity contribution in [2.45, 2.75) is 6.18 Å². The molecule has 7 heteroatoms. The van der Waals surface area contributed by atoms with Crippen LogP contribution >= 0.6 is 23.2 Å². The van der Waals surface area contributed by atoms with E-state index in [1.165, 1.54) is 0 Å². The van der Waals surface area contributed by atoms with Crippen LogP contribution in [0.4, 0.5) is 13.2 Å². The summed E-state index contributed by atoms with van der Waals surface area (Å²) in [6.45, 7) is 0. The Bertz CT molecular complexity index is 429. The monoisotopic (exact) mass is 272 g/mol. The summed E-state index contributed by atoms with van der Waals surface area (Å²) in [7, 11) is 1.06. The van der Waals surface area contributed by atoms with Crippen molar-refractivity contribution < 1.29 is 22.7 Å². The van der Waals surface area contributed by atoms with Gasteiger partial charge in [-0.2, -0.15) is 13.2 Å². The van der Waals surface area contributed by atoms with Crippen LogP contribution in [0.3, 0.4) is 0 Å². The summed E-state index contributed by atoms with van der Waals surface area (Å²) < 4.78 is 42.0. The number of carbonyl (C=O) groups excluding carboxylic acids is 1. The Kier molecular flexibility index (Phi) is 3.70. The average Bonchev–Trinajstić information content (AvgIpc) is 2.15. The largest absolute Gasteiger partial charge is 0.496 e. The molecule has 0 N–H and O–H groups in total. The summed E-state index contributed by atoms with van der Waals surface area (Å²) in [5.74, 6) is -0.499. The van der Waals surface area contributed by atoms with Crippen molar-refractivity contribution in [3.8, 4) is 5.75 Å². The summed E-state index contributed by atoms with van der Waals surface area (Å²) in [4.78, 5) is 10.8. The molecule has 0 aromatic heterocycles. The average molecular weight is 273 g/mol. The zero-order valence-electron chi connectivity index (χ0n) is 7.86. The van der Waals surface area contributed by atoms with Gasteiger partial charge in [0, 0.05) is 0 Å². The molecule has 0 radical (unpaired) electrons. The smallest absolute Gasteiger partial charge is 0.420 e. The third-order valence-corrected chi connectivity index (χ3v) is 2.32. The first-order valence-corrected chi connectivity index (χ1v) is 4.67. The maximum absolute atomic E-state index is 12.5. The van der Waals surface area contributed by atoms with E-state index in [-0.39, 0.29) is 10.6 Å². The van der Waals surface area contributed by atoms with Gasteiger partial charge in [0.25, 0.3) is 5.24 Å². The lowest BCUT2D eigenvalue weighted by molar-refractivity contribution is -0.138. The van der Waals surface area contributed by atoms with Gasteiger partial charge >= 0.3 is 6.18 Å². The minimum absolute atomic E-state index is 0.229. The van der Waals surface area contributed by atoms with Crippen molar-refractivity contribution in [1.29, 1.82) is 0 Å². The van der Waals surface area contributed by atoms with Gasteiger partial charge in [-0.15, -0.1) is 0 Å². The Labute approximate surface area is 98.9 Å². The number of hydrogen-bond donors (Lipinski definition) is 0. The standard InChI is InChI=1S/C9H5Cl2F3O2/c1-16-7-2-4(8(11)15)6(10)3-5(7)9(12,13)14/h2-3H,1H3. The quantitative estimate of drug-likeness (QED) is 0.767. The van der Waals surface area contributed by atoms with Crippen LogP contribution in [0.15, 0.2) is 12.1 Å². The highest BCUT2D eigenvalue weighted by Crippen LogP contribution is 2.39. The maximum atomic E-state index is 12.5. The van der Waals surface area contributed by atoms with Gasteiger partial charge in [-0.1, -0.05) is 11.6 Å². The van der Waals surface area contributed by atoms with Crippen LogP contribution in [0.1, 0.15) is 15.9 Å². The fourth-order valence-corrected chi connectivity index (χ4v) is 1.55. The van der Waals surface area contributed by atoms with Crippen molar-refractivity contribution in [1.82, 2.24) is 0 Å². The van der Waals surface area contributed by atoms with E-state index in [1.807, 2.05) is 0 Å². The number of ether oxygens (including phenoxy) is 1. The number of hydrogen-bond acceptors (Lipinski definition) is 2. The van der Waals surface area contributed by atoms with Crippen LogP contribution in [-0.4, -0.2) is 12.4 Å². The summed E-state index contributed by atoms with van der Waals surface area (Å²) in [5, 5.41) is -1.31. The molecule has 88 valence electrons. The van der Waals surface area contributed by atoms with E-state index in [9.17, 15) is 18.0 Å². The van der Waals surface area contributed by atoms with Crippen LogP contribution in [0, 0.1) is 0 Å². The Morgan fingerprint density at radius 1 is 1.38 bits per heavy atom. The van der Waals surface area contributed by atoms with Crippen LogP contribution < -0.4 is 4.74 Å². The van der Waals surface area contributed by atoms with Crippen LogP contribution in [0.25, 0.3) is 0 Å². The molecule has 0 heterocycles. The zero-order chi connectivity index (χ0) is 12.5. The molecule has 1 aromatic rings. The molecule has 1 rings (SSSR count). The number of halogens is 5. The molecule has 0 aliphatic rings. The second-order valence-corrected chi connectivity index (χ2v) is 3.55. The molecule has 0 saturated carbocycles. The highest BCUT2D eigenvalue weighted by molar-refractivity contribution is 6.68. The molecular formula is C9H5Cl2F3O2. The molecule has 0 aliphatic heterocycles. The summed E-state index contributed by atoms with van der Waals surface area (Å²) >= 11 is 10.6. The lowest BCUT2D eigenvalue weighted by Crippen LogP contribution is -2.08. The van der Waals surface area contributed by atoms with E-state index < -0.39 is 22.7 Å². The van der Waals surface area contributed by atoms with E-state index in [0.29, 0.717) is 6.07 Å². The first kappa shape index (κ1) is 13.1. The van der Waals surface area contributed by atoms with Crippen molar-refractivity contribution in [2.24, 2.45) is 0 Å². The number of alkyl halides is 3. The number of benzene rings is 1. The predicted octanol–water partition coefficient (Wildman–Crippen LogP) is 3.75. The highest BCUT2D eigenvalue weighted by Gasteiger charge is 2.35. The number of rotatable bonds is 2. The molecule has 0 bridgehead atoms. The fourth-order valence-electron chi connectivity index (χ4n) is 1.09. The Balaban J connectivity index is 3.44. The van der Waals surface area contributed by atoms with E-state index >= 15 is 0 Å². The van der Waals surface area contributed by atoms with Gasteiger partial charge in [0.05, 0.1) is 23.3 Å². The fraction of sp³-hybridized carbons (Fsp3) is 0.222. The Hall–Kier alpha value is -0.940. The van der Waals surface area contributed by atoms with E-state index in [4.69, 9.17) is 23.2 Å². The Morgan fingerprint density at radius 2 is 1.94 bits per heavy atom. The van der Waals surface area contributed by atoms with Gasteiger partial charge in [-0.25, -0.2) is 0 Å². The van der Waals surface area contributed by atoms with Crippen LogP contribution in [-0.2, 0) is 6.18 Å². The van der Waals surface area contributed by atoms with Crippen molar-refractivity contribution in [2.75, 3.05) is 7.11 Å². The predicted molar refractivity (Wildman–Crippen MR) is 53.2 cm³/mol. The lowest BCUT2D eigenvalue weighted by Gasteiger charge is -2.13. The zero-order valence-corrected chi connectivity index (χ0v) is 9.37. The van der Waals surface area contributed by atoms with Gasteiger partial charge in [0.15, 0.2) is 0 Å². The third-order valence-electron chi connectivity index (χ3n) is 1.81. The van der Waals surface area contributed by atoms with Gasteiger partial charge in [0.1, 0.15) is 5.75 Å². The van der Waals surface area contributed by atoms with E-state index in [1.54, 1.807) is 0 Å². The first-order chi connectivity index (χ1) is 7.27. The van der Waals surface area contributed by atoms with Crippen molar-refractivity contribution in [3.05, 3.63) is 28.3 Å². The molecular weight excluding hydrogens is 268 g/mol. The second kappa shape index (κ2) is 4.51. The van der Waals surface area contributed by atoms with E-state index in [2.05, 4.69) is 4.74 Å². The molecule has 1 aromatic carbocycles. The topological polar surface area (TPSA) is 26.3 Å². The summed E-state index contributed by atoms with van der Waals surface area (Å²) in [5.41, 5.74) is -1.28. The highest BCUT2D eigenvalue weighted by atomic mass is 35.5. The minimum Gasteiger partial charge on any atom is -0.496 e. The molecule has 0 spiro atoms. The van der Waals surface area contributed by atoms with Crippen LogP contribution in [0.2, 0.25) is 5.02 Å². The van der Waals surface area contributed by atoms with Gasteiger partial charge in [-0.3, -0.25) is 4.79 Å². The second-order valence-electron chi connectivity index (χ2n) is 2.80. The molecule has 0 amide bonds. The van der Waals surface area contributed by atoms with Gasteiger partial charge in [-0.05, 0) is 23.7 Å². The molecule has 0 unspecified atom stereocenters. The third kappa shape index (κ3) is 2.59. The van der Waals surface area contributed by atoms with Gasteiger partial charge in [0.2, 0.25) is 0 Å². The van der Waals surface area contributed by atoms with Crippen molar-refractivity contribution >= 4 is 28.4 Å². The molecule has 16 heavy (non-hydrogen) atoms. The van der Waals surface area contributed by atoms with Gasteiger partial charge < -0.3 is 4.74 Å². The number of carbonyl (C=O) groups is 1. The normalized spacial score (nSPS) is 11.4. The lowest BCUT2D eigenvalue weighted by atomic mass is 10.1. The molecule has 0 aliphatic carbocycles. The first-order valence-electron chi connectivity index (χ1n) is 3.92. The molecule has 0 saturated heterocycles. The summed E-state index contributed by atoms with van der Waals surface area (Å²) in [6.07, 6.45) is -4.61.